The summed E-state index contributed by atoms with van der Waals surface area (Å²) in [6.45, 7) is 4.08. The Hall–Kier alpha value is -2.95. The van der Waals surface area contributed by atoms with Crippen molar-refractivity contribution in [3.63, 3.8) is 0 Å². The van der Waals surface area contributed by atoms with Crippen LogP contribution in [-0.4, -0.2) is 24.2 Å². The number of ether oxygens (including phenoxy) is 1. The quantitative estimate of drug-likeness (QED) is 0.642. The molecule has 0 bridgehead atoms. The summed E-state index contributed by atoms with van der Waals surface area (Å²) in [5.74, 6) is 1.14. The van der Waals surface area contributed by atoms with Crippen LogP contribution < -0.4 is 15.4 Å². The van der Waals surface area contributed by atoms with E-state index in [4.69, 9.17) is 4.74 Å². The summed E-state index contributed by atoms with van der Waals surface area (Å²) < 4.78 is 5.32. The fraction of sp³-hybridized carbons (Fsp3) is 0.375. The van der Waals surface area contributed by atoms with Gasteiger partial charge >= 0.3 is 0 Å². The van der Waals surface area contributed by atoms with E-state index in [1.807, 2.05) is 31.2 Å². The van der Waals surface area contributed by atoms with Crippen LogP contribution in [0.3, 0.4) is 0 Å². The summed E-state index contributed by atoms with van der Waals surface area (Å²) in [6.07, 6.45) is 6.33. The zero-order chi connectivity index (χ0) is 20.5. The Morgan fingerprint density at radius 1 is 1.34 bits per heavy atom. The minimum Gasteiger partial charge on any atom is -0.504 e. The SMILES string of the molecule is CCC(C)NC(=O)c1cccc2c1NC(c1ccc(O)c(OC)c1)C1CC=CC21. The third kappa shape index (κ3) is 3.46. The van der Waals surface area contributed by atoms with Crippen molar-refractivity contribution in [1.29, 1.82) is 0 Å². The number of nitrogens with one attached hydrogen (secondary N) is 2. The molecule has 3 N–H and O–H groups in total. The predicted molar refractivity (Wildman–Crippen MR) is 115 cm³/mol. The molecule has 1 heterocycles. The molecule has 0 fully saturated rings. The van der Waals surface area contributed by atoms with Crippen LogP contribution in [0.4, 0.5) is 5.69 Å². The highest BCUT2D eigenvalue weighted by Crippen LogP contribution is 2.51. The molecule has 0 saturated heterocycles. The van der Waals surface area contributed by atoms with Gasteiger partial charge in [0, 0.05) is 12.0 Å². The number of allylic oxidation sites excluding steroid dienone is 2. The van der Waals surface area contributed by atoms with Crippen molar-refractivity contribution in [3.8, 4) is 11.5 Å². The fourth-order valence-electron chi connectivity index (χ4n) is 4.43. The van der Waals surface area contributed by atoms with E-state index in [0.717, 1.165) is 24.1 Å². The highest BCUT2D eigenvalue weighted by Gasteiger charge is 2.39. The molecular weight excluding hydrogens is 364 g/mol. The second-order valence-electron chi connectivity index (χ2n) is 7.96. The van der Waals surface area contributed by atoms with Gasteiger partial charge in [-0.15, -0.1) is 0 Å². The lowest BCUT2D eigenvalue weighted by atomic mass is 9.76. The van der Waals surface area contributed by atoms with Gasteiger partial charge in [-0.3, -0.25) is 4.79 Å². The Kier molecular flexibility index (Phi) is 5.22. The van der Waals surface area contributed by atoms with Gasteiger partial charge in [0.05, 0.1) is 24.4 Å². The summed E-state index contributed by atoms with van der Waals surface area (Å²) in [5, 5.41) is 16.7. The molecule has 4 atom stereocenters. The van der Waals surface area contributed by atoms with E-state index < -0.39 is 0 Å². The van der Waals surface area contributed by atoms with Gasteiger partial charge in [-0.05, 0) is 55.0 Å². The maximum atomic E-state index is 12.9. The maximum Gasteiger partial charge on any atom is 0.253 e. The smallest absolute Gasteiger partial charge is 0.253 e. The van der Waals surface area contributed by atoms with Crippen molar-refractivity contribution in [3.05, 3.63) is 65.2 Å². The summed E-state index contributed by atoms with van der Waals surface area (Å²) >= 11 is 0. The first-order valence-electron chi connectivity index (χ1n) is 10.3. The van der Waals surface area contributed by atoms with Crippen LogP contribution in [0, 0.1) is 5.92 Å². The number of carbonyl (C=O) groups excluding carboxylic acids is 1. The van der Waals surface area contributed by atoms with E-state index in [0.29, 0.717) is 17.2 Å². The van der Waals surface area contributed by atoms with Crippen LogP contribution in [0.5, 0.6) is 11.5 Å². The molecule has 0 spiro atoms. The third-order valence-corrected chi connectivity index (χ3v) is 6.19. The monoisotopic (exact) mass is 392 g/mol. The van der Waals surface area contributed by atoms with Gasteiger partial charge in [-0.2, -0.15) is 0 Å². The number of amides is 1. The van der Waals surface area contributed by atoms with Gasteiger partial charge in [0.2, 0.25) is 0 Å². The minimum atomic E-state index is -0.0498. The van der Waals surface area contributed by atoms with Crippen molar-refractivity contribution < 1.29 is 14.6 Å². The molecule has 1 amide bonds. The average Bonchev–Trinajstić information content (AvgIpc) is 3.23. The lowest BCUT2D eigenvalue weighted by Gasteiger charge is -2.38. The Morgan fingerprint density at radius 2 is 2.17 bits per heavy atom. The summed E-state index contributed by atoms with van der Waals surface area (Å²) in [5.41, 5.74) is 3.79. The van der Waals surface area contributed by atoms with Gasteiger partial charge in [-0.1, -0.05) is 37.3 Å². The van der Waals surface area contributed by atoms with Crippen molar-refractivity contribution in [1.82, 2.24) is 5.32 Å². The van der Waals surface area contributed by atoms with Crippen LogP contribution in [0.1, 0.15) is 60.1 Å². The Morgan fingerprint density at radius 3 is 2.93 bits per heavy atom. The van der Waals surface area contributed by atoms with E-state index in [1.165, 1.54) is 5.56 Å². The topological polar surface area (TPSA) is 70.6 Å². The molecule has 0 aromatic heterocycles. The molecule has 4 rings (SSSR count). The highest BCUT2D eigenvalue weighted by molar-refractivity contribution is 6.01. The first-order valence-corrected chi connectivity index (χ1v) is 10.3. The summed E-state index contributed by atoms with van der Waals surface area (Å²) in [6, 6.07) is 11.6. The first-order chi connectivity index (χ1) is 14.0. The van der Waals surface area contributed by atoms with E-state index >= 15 is 0 Å². The highest BCUT2D eigenvalue weighted by atomic mass is 16.5. The van der Waals surface area contributed by atoms with Crippen LogP contribution >= 0.6 is 0 Å². The van der Waals surface area contributed by atoms with E-state index in [9.17, 15) is 9.90 Å². The Labute approximate surface area is 171 Å². The molecule has 2 aromatic rings. The van der Waals surface area contributed by atoms with E-state index in [-0.39, 0.29) is 29.7 Å². The number of benzene rings is 2. The van der Waals surface area contributed by atoms with Crippen molar-refractivity contribution in [2.45, 2.75) is 44.7 Å². The second-order valence-corrected chi connectivity index (χ2v) is 7.96. The Bertz CT molecular complexity index is 953. The number of phenolic OH excluding ortho intramolecular Hbond substituents is 1. The van der Waals surface area contributed by atoms with Gasteiger partial charge in [-0.25, -0.2) is 0 Å². The number of aromatic hydroxyl groups is 1. The average molecular weight is 392 g/mol. The molecule has 0 radical (unpaired) electrons. The molecule has 1 aliphatic heterocycles. The van der Waals surface area contributed by atoms with Gasteiger partial charge < -0.3 is 20.5 Å². The van der Waals surface area contributed by atoms with Crippen molar-refractivity contribution in [2.24, 2.45) is 5.92 Å². The largest absolute Gasteiger partial charge is 0.504 e. The maximum absolute atomic E-state index is 12.9. The standard InChI is InChI=1S/C24H28N2O3/c1-4-14(2)25-24(28)19-10-6-9-18-16-7-5-8-17(16)22(26-23(18)19)15-11-12-20(27)21(13-15)29-3/h5-7,9-14,16-17,22,26-27H,4,8H2,1-3H3,(H,25,28). The molecule has 0 saturated carbocycles. The molecule has 5 heteroatoms. The zero-order valence-corrected chi connectivity index (χ0v) is 17.1. The molecule has 152 valence electrons. The molecule has 5 nitrogen and oxygen atoms in total. The number of anilines is 1. The van der Waals surface area contributed by atoms with Crippen LogP contribution in [0.15, 0.2) is 48.6 Å². The number of hydrogen-bond acceptors (Lipinski definition) is 4. The van der Waals surface area contributed by atoms with Crippen LogP contribution in [0.25, 0.3) is 0 Å². The van der Waals surface area contributed by atoms with E-state index in [1.54, 1.807) is 13.2 Å². The summed E-state index contributed by atoms with van der Waals surface area (Å²) in [7, 11) is 1.56. The fourth-order valence-corrected chi connectivity index (χ4v) is 4.43. The first kappa shape index (κ1) is 19.4. The minimum absolute atomic E-state index is 0.0227. The van der Waals surface area contributed by atoms with Crippen molar-refractivity contribution >= 4 is 11.6 Å². The normalized spacial score (nSPS) is 22.9. The molecule has 4 unspecified atom stereocenters. The number of methoxy groups -OCH3 is 1. The number of phenols is 1. The summed E-state index contributed by atoms with van der Waals surface area (Å²) in [4.78, 5) is 12.9. The van der Waals surface area contributed by atoms with Gasteiger partial charge in [0.1, 0.15) is 0 Å². The lowest BCUT2D eigenvalue weighted by molar-refractivity contribution is 0.0939. The number of para-hydroxylation sites is 1. The zero-order valence-electron chi connectivity index (χ0n) is 17.1. The van der Waals surface area contributed by atoms with Gasteiger partial charge in [0.15, 0.2) is 11.5 Å². The molecule has 29 heavy (non-hydrogen) atoms. The predicted octanol–water partition coefficient (Wildman–Crippen LogP) is 4.76. The second kappa shape index (κ2) is 7.82. The number of carbonyl (C=O) groups is 1. The number of hydrogen-bond donors (Lipinski definition) is 3. The Balaban J connectivity index is 1.75. The number of rotatable bonds is 5. The van der Waals surface area contributed by atoms with Crippen molar-refractivity contribution in [2.75, 3.05) is 12.4 Å². The number of fused-ring (bicyclic) bond motifs is 3. The molecule has 1 aliphatic carbocycles. The van der Waals surface area contributed by atoms with Crippen LogP contribution in [-0.2, 0) is 0 Å². The van der Waals surface area contributed by atoms with Gasteiger partial charge in [0.25, 0.3) is 5.91 Å². The van der Waals surface area contributed by atoms with Crippen LogP contribution in [0.2, 0.25) is 0 Å². The van der Waals surface area contributed by atoms with E-state index in [2.05, 4.69) is 35.8 Å². The molecular formula is C24H28N2O3. The third-order valence-electron chi connectivity index (χ3n) is 6.19. The molecule has 2 aromatic carbocycles. The lowest BCUT2D eigenvalue weighted by Crippen LogP contribution is -2.35. The molecule has 2 aliphatic rings.